The Bertz CT molecular complexity index is 1170. The quantitative estimate of drug-likeness (QED) is 0.447. The van der Waals surface area contributed by atoms with Crippen LogP contribution in [0.1, 0.15) is 39.9 Å². The fourth-order valence-electron chi connectivity index (χ4n) is 3.19. The number of thiocarbonyl (C=S) groups is 1. The molecule has 6 nitrogen and oxygen atoms in total. The number of urea groups is 1. The van der Waals surface area contributed by atoms with Crippen molar-refractivity contribution >= 4 is 34.8 Å². The maximum Gasteiger partial charge on any atom is 0.317 e. The Morgan fingerprint density at radius 3 is 2.39 bits per heavy atom. The number of carbonyl (C=O) groups is 2. The lowest BCUT2D eigenvalue weighted by molar-refractivity contribution is 0.102. The summed E-state index contributed by atoms with van der Waals surface area (Å²) in [6.45, 7) is 1.91. The molecule has 0 bridgehead atoms. The molecule has 0 spiro atoms. The molecule has 0 aliphatic carbocycles. The van der Waals surface area contributed by atoms with Crippen LogP contribution in [0, 0.1) is 5.82 Å². The third-order valence-electron chi connectivity index (χ3n) is 4.80. The van der Waals surface area contributed by atoms with Crippen LogP contribution in [0.15, 0.2) is 66.7 Å². The molecular weight excluding hydrogens is 417 g/mol. The first-order valence-electron chi connectivity index (χ1n) is 9.36. The molecule has 0 saturated carbocycles. The average molecular weight is 437 g/mol. The minimum atomic E-state index is -0.818. The minimum absolute atomic E-state index is 0.0155. The second-order valence-electron chi connectivity index (χ2n) is 6.84. The number of nitrogens with one attached hydrogen (secondary N) is 2. The zero-order valence-electron chi connectivity index (χ0n) is 16.6. The molecule has 0 heterocycles. The molecule has 31 heavy (non-hydrogen) atoms. The highest BCUT2D eigenvalue weighted by molar-refractivity contribution is 7.80. The van der Waals surface area contributed by atoms with Crippen LogP contribution in [0.25, 0.3) is 0 Å². The van der Waals surface area contributed by atoms with Crippen molar-refractivity contribution in [2.75, 3.05) is 5.32 Å². The third-order valence-corrected chi connectivity index (χ3v) is 5.12. The molecule has 3 rings (SSSR count). The summed E-state index contributed by atoms with van der Waals surface area (Å²) in [4.78, 5) is 23.6. The number of nitrogens with two attached hydrogens (primary N) is 1. The van der Waals surface area contributed by atoms with E-state index in [0.717, 1.165) is 11.1 Å². The van der Waals surface area contributed by atoms with E-state index in [1.54, 1.807) is 30.3 Å². The van der Waals surface area contributed by atoms with Gasteiger partial charge in [-0.25, -0.2) is 9.18 Å². The minimum Gasteiger partial charge on any atom is -0.507 e. The van der Waals surface area contributed by atoms with E-state index in [0.29, 0.717) is 5.69 Å². The molecule has 0 saturated heterocycles. The Hall–Kier alpha value is -3.78. The number of anilines is 1. The van der Waals surface area contributed by atoms with Gasteiger partial charge in [0.1, 0.15) is 16.6 Å². The Morgan fingerprint density at radius 2 is 1.71 bits per heavy atom. The summed E-state index contributed by atoms with van der Waals surface area (Å²) in [6.07, 6.45) is 0. The molecule has 3 aromatic rings. The Kier molecular flexibility index (Phi) is 6.61. The van der Waals surface area contributed by atoms with Gasteiger partial charge in [0.25, 0.3) is 5.91 Å². The summed E-state index contributed by atoms with van der Waals surface area (Å²) in [5.41, 5.74) is 7.33. The second-order valence-corrected chi connectivity index (χ2v) is 7.25. The SMILES string of the molecule is C[C@@H](c1ccc(C(=S)NC(N)=O)c(O)c1)c1ccccc1NC(=O)c1ccccc1F. The number of para-hydroxylation sites is 1. The first-order chi connectivity index (χ1) is 14.8. The molecule has 0 fully saturated rings. The summed E-state index contributed by atoms with van der Waals surface area (Å²) in [5, 5.41) is 15.4. The first-order valence-corrected chi connectivity index (χ1v) is 9.77. The zero-order valence-corrected chi connectivity index (χ0v) is 17.4. The Balaban J connectivity index is 1.88. The zero-order chi connectivity index (χ0) is 22.5. The van der Waals surface area contributed by atoms with Crippen LogP contribution in [0.5, 0.6) is 5.75 Å². The number of benzene rings is 3. The van der Waals surface area contributed by atoms with E-state index in [-0.39, 0.29) is 27.8 Å². The highest BCUT2D eigenvalue weighted by atomic mass is 32.1. The molecule has 3 amide bonds. The van der Waals surface area contributed by atoms with E-state index in [4.69, 9.17) is 18.0 Å². The molecule has 0 aliphatic rings. The highest BCUT2D eigenvalue weighted by Gasteiger charge is 2.18. The van der Waals surface area contributed by atoms with Crippen LogP contribution in [-0.4, -0.2) is 22.0 Å². The molecule has 3 aromatic carbocycles. The Morgan fingerprint density at radius 1 is 1.03 bits per heavy atom. The summed E-state index contributed by atoms with van der Waals surface area (Å²) in [6, 6.07) is 17.0. The van der Waals surface area contributed by atoms with Crippen molar-refractivity contribution in [3.05, 3.63) is 94.8 Å². The number of hydrogen-bond donors (Lipinski definition) is 4. The van der Waals surface area contributed by atoms with E-state index in [2.05, 4.69) is 10.6 Å². The second kappa shape index (κ2) is 9.36. The van der Waals surface area contributed by atoms with Crippen molar-refractivity contribution < 1.29 is 19.1 Å². The summed E-state index contributed by atoms with van der Waals surface area (Å²) in [7, 11) is 0. The van der Waals surface area contributed by atoms with Crippen molar-refractivity contribution in [3.63, 3.8) is 0 Å². The van der Waals surface area contributed by atoms with Crippen LogP contribution in [0.3, 0.4) is 0 Å². The van der Waals surface area contributed by atoms with Gasteiger partial charge in [-0.1, -0.05) is 55.5 Å². The fraction of sp³-hybridized carbons (Fsp3) is 0.0870. The van der Waals surface area contributed by atoms with Crippen molar-refractivity contribution in [1.29, 1.82) is 0 Å². The molecule has 1 atom stereocenters. The van der Waals surface area contributed by atoms with E-state index >= 15 is 0 Å². The number of rotatable bonds is 5. The molecule has 0 aliphatic heterocycles. The van der Waals surface area contributed by atoms with Crippen LogP contribution in [-0.2, 0) is 0 Å². The normalized spacial score (nSPS) is 11.4. The topological polar surface area (TPSA) is 104 Å². The van der Waals surface area contributed by atoms with E-state index < -0.39 is 17.8 Å². The number of amides is 3. The van der Waals surface area contributed by atoms with Crippen LogP contribution in [0.4, 0.5) is 14.9 Å². The lowest BCUT2D eigenvalue weighted by Gasteiger charge is -2.19. The van der Waals surface area contributed by atoms with Crippen LogP contribution < -0.4 is 16.4 Å². The number of phenols is 1. The standard InChI is InChI=1S/C23H20FN3O3S/c1-13(14-10-11-17(20(28)12-14)22(31)27-23(25)30)15-6-3-5-9-19(15)26-21(29)16-7-2-4-8-18(16)24/h2-13,28H,1H3,(H,26,29)(H3,25,27,30,31)/t13-/m0/s1. The lowest BCUT2D eigenvalue weighted by atomic mass is 9.91. The number of hydrogen-bond acceptors (Lipinski definition) is 4. The van der Waals surface area contributed by atoms with Gasteiger partial charge in [0.15, 0.2) is 0 Å². The molecule has 0 aromatic heterocycles. The maximum absolute atomic E-state index is 14.0. The van der Waals surface area contributed by atoms with E-state index in [9.17, 15) is 19.1 Å². The van der Waals surface area contributed by atoms with Gasteiger partial charge in [0.05, 0.1) is 11.1 Å². The van der Waals surface area contributed by atoms with Gasteiger partial charge >= 0.3 is 6.03 Å². The molecule has 8 heteroatoms. The van der Waals surface area contributed by atoms with E-state index in [1.165, 1.54) is 24.3 Å². The first kappa shape index (κ1) is 21.9. The van der Waals surface area contributed by atoms with Crippen LogP contribution in [0.2, 0.25) is 0 Å². The molecule has 0 radical (unpaired) electrons. The average Bonchev–Trinajstić information content (AvgIpc) is 2.73. The Labute approximate surface area is 183 Å². The summed E-state index contributed by atoms with van der Waals surface area (Å²) in [5.74, 6) is -1.50. The lowest BCUT2D eigenvalue weighted by Crippen LogP contribution is -2.34. The van der Waals surface area contributed by atoms with Gasteiger partial charge in [0.2, 0.25) is 0 Å². The molecule has 0 unspecified atom stereocenters. The predicted octanol–water partition coefficient (Wildman–Crippen LogP) is 4.28. The van der Waals surface area contributed by atoms with Gasteiger partial charge in [-0.3, -0.25) is 10.1 Å². The van der Waals surface area contributed by atoms with Gasteiger partial charge < -0.3 is 16.2 Å². The smallest absolute Gasteiger partial charge is 0.317 e. The largest absolute Gasteiger partial charge is 0.507 e. The number of carbonyl (C=O) groups excluding carboxylic acids is 2. The van der Waals surface area contributed by atoms with Crippen molar-refractivity contribution in [2.24, 2.45) is 5.73 Å². The third kappa shape index (κ3) is 5.04. The van der Waals surface area contributed by atoms with Gasteiger partial charge in [-0.05, 0) is 41.5 Å². The highest BCUT2D eigenvalue weighted by Crippen LogP contribution is 2.33. The number of primary amides is 1. The number of halogens is 1. The monoisotopic (exact) mass is 437 g/mol. The molecule has 158 valence electrons. The predicted molar refractivity (Wildman–Crippen MR) is 121 cm³/mol. The molecular formula is C23H20FN3O3S. The number of phenolic OH excluding ortho intramolecular Hbond substituents is 1. The summed E-state index contributed by atoms with van der Waals surface area (Å²) < 4.78 is 14.0. The van der Waals surface area contributed by atoms with Gasteiger partial charge in [-0.2, -0.15) is 0 Å². The summed E-state index contributed by atoms with van der Waals surface area (Å²) >= 11 is 5.06. The van der Waals surface area contributed by atoms with E-state index in [1.807, 2.05) is 19.1 Å². The van der Waals surface area contributed by atoms with Crippen LogP contribution >= 0.6 is 12.2 Å². The molecule has 5 N–H and O–H groups in total. The van der Waals surface area contributed by atoms with Crippen molar-refractivity contribution in [2.45, 2.75) is 12.8 Å². The fourth-order valence-corrected chi connectivity index (χ4v) is 3.47. The van der Waals surface area contributed by atoms with Crippen molar-refractivity contribution in [3.8, 4) is 5.75 Å². The maximum atomic E-state index is 14.0. The van der Waals surface area contributed by atoms with Gasteiger partial charge in [0, 0.05) is 11.6 Å². The number of aromatic hydroxyl groups is 1. The van der Waals surface area contributed by atoms with Crippen molar-refractivity contribution in [1.82, 2.24) is 5.32 Å². The van der Waals surface area contributed by atoms with Gasteiger partial charge in [-0.15, -0.1) is 0 Å².